The minimum atomic E-state index is -0.173. The Morgan fingerprint density at radius 3 is 2.81 bits per heavy atom. The molecule has 0 saturated heterocycles. The lowest BCUT2D eigenvalue weighted by molar-refractivity contribution is 0.542. The van der Waals surface area contributed by atoms with Crippen LogP contribution >= 0.6 is 0 Å². The maximum absolute atomic E-state index is 13.0. The van der Waals surface area contributed by atoms with Gasteiger partial charge in [-0.15, -0.1) is 0 Å². The highest BCUT2D eigenvalue weighted by Crippen LogP contribution is 2.14. The number of nitrogens with zero attached hydrogens (tertiary/aromatic N) is 1. The van der Waals surface area contributed by atoms with Gasteiger partial charge in [0.1, 0.15) is 5.82 Å². The predicted molar refractivity (Wildman–Crippen MR) is 67.4 cm³/mol. The van der Waals surface area contributed by atoms with Crippen LogP contribution in [0.5, 0.6) is 0 Å². The Balaban J connectivity index is 2.38. The summed E-state index contributed by atoms with van der Waals surface area (Å²) in [5.41, 5.74) is 0.942. The molecule has 0 aromatic heterocycles. The molecule has 1 unspecified atom stereocenters. The zero-order valence-electron chi connectivity index (χ0n) is 10.3. The molecule has 1 aromatic rings. The molecule has 3 heteroatoms. The first-order valence-electron chi connectivity index (χ1n) is 5.77. The van der Waals surface area contributed by atoms with Gasteiger partial charge in [0.15, 0.2) is 0 Å². The molecule has 2 nitrogen and oxygen atoms in total. The molecule has 0 aliphatic carbocycles. The summed E-state index contributed by atoms with van der Waals surface area (Å²) in [6.07, 6.45) is 2.24. The van der Waals surface area contributed by atoms with E-state index in [1.807, 2.05) is 20.2 Å². The van der Waals surface area contributed by atoms with Crippen molar-refractivity contribution < 1.29 is 4.39 Å². The lowest BCUT2D eigenvalue weighted by Crippen LogP contribution is -2.24. The molecule has 0 amide bonds. The first kappa shape index (κ1) is 13.0. The molecule has 1 rings (SSSR count). The summed E-state index contributed by atoms with van der Waals surface area (Å²) in [4.78, 5) is 2.09. The van der Waals surface area contributed by atoms with Gasteiger partial charge in [-0.1, -0.05) is 6.07 Å². The molecule has 1 atom stereocenters. The predicted octanol–water partition coefficient (Wildman–Crippen LogP) is 2.65. The molecular formula is C13H21FN2. The standard InChI is InChI=1S/C13H21FN2/c1-11(15-2)6-5-9-16(3)13-8-4-7-12(14)10-13/h4,7-8,10-11,15H,5-6,9H2,1-3H3. The number of hydrogen-bond donors (Lipinski definition) is 1. The van der Waals surface area contributed by atoms with E-state index in [9.17, 15) is 4.39 Å². The lowest BCUT2D eigenvalue weighted by Gasteiger charge is -2.20. The van der Waals surface area contributed by atoms with E-state index in [0.29, 0.717) is 6.04 Å². The Morgan fingerprint density at radius 2 is 2.19 bits per heavy atom. The van der Waals surface area contributed by atoms with Crippen LogP contribution in [0.2, 0.25) is 0 Å². The average Bonchev–Trinajstić information content (AvgIpc) is 2.28. The van der Waals surface area contributed by atoms with Gasteiger partial charge in [-0.25, -0.2) is 4.39 Å². The molecule has 90 valence electrons. The average molecular weight is 224 g/mol. The van der Waals surface area contributed by atoms with E-state index in [-0.39, 0.29) is 5.82 Å². The Kier molecular flexibility index (Phi) is 5.26. The van der Waals surface area contributed by atoms with Crippen molar-refractivity contribution in [3.63, 3.8) is 0 Å². The van der Waals surface area contributed by atoms with Crippen LogP contribution in [-0.2, 0) is 0 Å². The molecule has 0 fully saturated rings. The number of halogens is 1. The fourth-order valence-corrected chi connectivity index (χ4v) is 1.62. The third-order valence-electron chi connectivity index (χ3n) is 2.87. The zero-order valence-corrected chi connectivity index (χ0v) is 10.3. The van der Waals surface area contributed by atoms with Gasteiger partial charge in [-0.3, -0.25) is 0 Å². The maximum Gasteiger partial charge on any atom is 0.125 e. The topological polar surface area (TPSA) is 15.3 Å². The molecule has 0 aliphatic rings. The second-order valence-corrected chi connectivity index (χ2v) is 4.23. The van der Waals surface area contributed by atoms with Gasteiger partial charge < -0.3 is 10.2 Å². The molecule has 0 heterocycles. The molecule has 1 aromatic carbocycles. The third-order valence-corrected chi connectivity index (χ3v) is 2.87. The third kappa shape index (κ3) is 4.19. The summed E-state index contributed by atoms with van der Waals surface area (Å²) in [6.45, 7) is 3.12. The Hall–Kier alpha value is -1.09. The normalized spacial score (nSPS) is 12.5. The van der Waals surface area contributed by atoms with Crippen LogP contribution in [0.15, 0.2) is 24.3 Å². The van der Waals surface area contributed by atoms with Crippen LogP contribution in [0, 0.1) is 5.82 Å². The summed E-state index contributed by atoms with van der Waals surface area (Å²) in [5, 5.41) is 3.21. The van der Waals surface area contributed by atoms with Crippen molar-refractivity contribution >= 4 is 5.69 Å². The van der Waals surface area contributed by atoms with Gasteiger partial charge in [0, 0.05) is 25.3 Å². The quantitative estimate of drug-likeness (QED) is 0.799. The fourth-order valence-electron chi connectivity index (χ4n) is 1.62. The van der Waals surface area contributed by atoms with Crippen molar-refractivity contribution in [3.05, 3.63) is 30.1 Å². The molecule has 0 saturated carbocycles. The van der Waals surface area contributed by atoms with Crippen LogP contribution in [0.1, 0.15) is 19.8 Å². The van der Waals surface area contributed by atoms with Gasteiger partial charge in [-0.05, 0) is 45.0 Å². The van der Waals surface area contributed by atoms with Gasteiger partial charge in [0.05, 0.1) is 0 Å². The minimum absolute atomic E-state index is 0.173. The zero-order chi connectivity index (χ0) is 12.0. The van der Waals surface area contributed by atoms with Crippen LogP contribution < -0.4 is 10.2 Å². The fraction of sp³-hybridized carbons (Fsp3) is 0.538. The molecular weight excluding hydrogens is 203 g/mol. The SMILES string of the molecule is CNC(C)CCCN(C)c1cccc(F)c1. The van der Waals surface area contributed by atoms with Gasteiger partial charge in [0.25, 0.3) is 0 Å². The number of anilines is 1. The van der Waals surface area contributed by atoms with Gasteiger partial charge >= 0.3 is 0 Å². The largest absolute Gasteiger partial charge is 0.375 e. The maximum atomic E-state index is 13.0. The van der Waals surface area contributed by atoms with E-state index in [1.165, 1.54) is 6.07 Å². The van der Waals surface area contributed by atoms with Crippen LogP contribution in [0.25, 0.3) is 0 Å². The number of nitrogens with one attached hydrogen (secondary N) is 1. The first-order chi connectivity index (χ1) is 7.63. The molecule has 0 radical (unpaired) electrons. The summed E-state index contributed by atoms with van der Waals surface area (Å²) in [7, 11) is 3.97. The van der Waals surface area contributed by atoms with E-state index < -0.39 is 0 Å². The summed E-state index contributed by atoms with van der Waals surface area (Å²) in [6, 6.07) is 7.27. The highest BCUT2D eigenvalue weighted by molar-refractivity contribution is 5.45. The van der Waals surface area contributed by atoms with E-state index in [1.54, 1.807) is 12.1 Å². The van der Waals surface area contributed by atoms with E-state index in [2.05, 4.69) is 17.1 Å². The molecule has 0 aliphatic heterocycles. The molecule has 16 heavy (non-hydrogen) atoms. The van der Waals surface area contributed by atoms with E-state index >= 15 is 0 Å². The van der Waals surface area contributed by atoms with Crippen LogP contribution in [0.3, 0.4) is 0 Å². The summed E-state index contributed by atoms with van der Waals surface area (Å²) < 4.78 is 13.0. The van der Waals surface area contributed by atoms with Crippen molar-refractivity contribution in [1.82, 2.24) is 5.32 Å². The number of hydrogen-bond acceptors (Lipinski definition) is 2. The van der Waals surface area contributed by atoms with E-state index in [0.717, 1.165) is 25.1 Å². The monoisotopic (exact) mass is 224 g/mol. The summed E-state index contributed by atoms with van der Waals surface area (Å²) >= 11 is 0. The van der Waals surface area contributed by atoms with Crippen molar-refractivity contribution in [1.29, 1.82) is 0 Å². The number of rotatable bonds is 6. The lowest BCUT2D eigenvalue weighted by atomic mass is 10.2. The van der Waals surface area contributed by atoms with Gasteiger partial charge in [-0.2, -0.15) is 0 Å². The Bertz CT molecular complexity index is 315. The van der Waals surface area contributed by atoms with Crippen molar-refractivity contribution in [2.45, 2.75) is 25.8 Å². The Morgan fingerprint density at radius 1 is 1.44 bits per heavy atom. The minimum Gasteiger partial charge on any atom is -0.375 e. The smallest absolute Gasteiger partial charge is 0.125 e. The van der Waals surface area contributed by atoms with Crippen molar-refractivity contribution in [2.75, 3.05) is 25.5 Å². The molecule has 0 spiro atoms. The van der Waals surface area contributed by atoms with Crippen molar-refractivity contribution in [3.8, 4) is 0 Å². The van der Waals surface area contributed by atoms with E-state index in [4.69, 9.17) is 0 Å². The van der Waals surface area contributed by atoms with Crippen molar-refractivity contribution in [2.24, 2.45) is 0 Å². The van der Waals surface area contributed by atoms with Crippen LogP contribution in [-0.4, -0.2) is 26.7 Å². The summed E-state index contributed by atoms with van der Waals surface area (Å²) in [5.74, 6) is -0.173. The van der Waals surface area contributed by atoms with Crippen LogP contribution in [0.4, 0.5) is 10.1 Å². The number of benzene rings is 1. The van der Waals surface area contributed by atoms with Gasteiger partial charge in [0.2, 0.25) is 0 Å². The second-order valence-electron chi connectivity index (χ2n) is 4.23. The highest BCUT2D eigenvalue weighted by atomic mass is 19.1. The second kappa shape index (κ2) is 6.48. The Labute approximate surface area is 97.5 Å². The molecule has 0 bridgehead atoms. The first-order valence-corrected chi connectivity index (χ1v) is 5.77. The highest BCUT2D eigenvalue weighted by Gasteiger charge is 2.03. The molecule has 1 N–H and O–H groups in total.